The minimum atomic E-state index is -0.689. The monoisotopic (exact) mass is 316 g/mol. The standard InChI is InChI=1S/C17H24N4O2/c18-17(7-8-17)16(23)20-14-5-3-13(4-6-14)15(22)19-9-12-21-10-1-2-11-21/h3-6H,1-2,7-12,18H2,(H,19,22)(H,20,23). The number of likely N-dealkylation sites (tertiary alicyclic amines) is 1. The van der Waals surface area contributed by atoms with Crippen LogP contribution in [0.15, 0.2) is 24.3 Å². The topological polar surface area (TPSA) is 87.5 Å². The zero-order chi connectivity index (χ0) is 16.3. The van der Waals surface area contributed by atoms with Crippen molar-refractivity contribution in [2.45, 2.75) is 31.2 Å². The second kappa shape index (κ2) is 6.68. The van der Waals surface area contributed by atoms with E-state index in [4.69, 9.17) is 5.73 Å². The van der Waals surface area contributed by atoms with E-state index in [0.717, 1.165) is 32.5 Å². The summed E-state index contributed by atoms with van der Waals surface area (Å²) >= 11 is 0. The molecule has 4 N–H and O–H groups in total. The molecule has 124 valence electrons. The van der Waals surface area contributed by atoms with E-state index in [1.54, 1.807) is 24.3 Å². The summed E-state index contributed by atoms with van der Waals surface area (Å²) in [6.07, 6.45) is 3.98. The van der Waals surface area contributed by atoms with Gasteiger partial charge in [-0.2, -0.15) is 0 Å². The van der Waals surface area contributed by atoms with E-state index < -0.39 is 5.54 Å². The largest absolute Gasteiger partial charge is 0.351 e. The molecule has 1 saturated carbocycles. The van der Waals surface area contributed by atoms with Crippen LogP contribution >= 0.6 is 0 Å². The minimum absolute atomic E-state index is 0.0837. The van der Waals surface area contributed by atoms with Gasteiger partial charge in [0.1, 0.15) is 0 Å². The first-order valence-electron chi connectivity index (χ1n) is 8.28. The Hall–Kier alpha value is -1.92. The lowest BCUT2D eigenvalue weighted by Crippen LogP contribution is -2.37. The fourth-order valence-electron chi connectivity index (χ4n) is 2.76. The normalized spacial score (nSPS) is 19.3. The lowest BCUT2D eigenvalue weighted by molar-refractivity contribution is -0.118. The number of hydrogen-bond acceptors (Lipinski definition) is 4. The van der Waals surface area contributed by atoms with Crippen molar-refractivity contribution in [2.24, 2.45) is 5.73 Å². The first kappa shape index (κ1) is 16.0. The molecular formula is C17H24N4O2. The van der Waals surface area contributed by atoms with Crippen LogP contribution in [0, 0.1) is 0 Å². The molecule has 1 aliphatic carbocycles. The van der Waals surface area contributed by atoms with E-state index in [-0.39, 0.29) is 11.8 Å². The number of nitrogens with one attached hydrogen (secondary N) is 2. The quantitative estimate of drug-likeness (QED) is 0.729. The van der Waals surface area contributed by atoms with Gasteiger partial charge >= 0.3 is 0 Å². The molecule has 0 aromatic heterocycles. The molecule has 0 spiro atoms. The van der Waals surface area contributed by atoms with Crippen molar-refractivity contribution in [2.75, 3.05) is 31.5 Å². The van der Waals surface area contributed by atoms with E-state index in [1.165, 1.54) is 12.8 Å². The minimum Gasteiger partial charge on any atom is -0.351 e. The van der Waals surface area contributed by atoms with E-state index in [2.05, 4.69) is 15.5 Å². The van der Waals surface area contributed by atoms with Gasteiger partial charge in [0.2, 0.25) is 5.91 Å². The molecule has 2 fully saturated rings. The van der Waals surface area contributed by atoms with Crippen LogP contribution in [0.25, 0.3) is 0 Å². The van der Waals surface area contributed by atoms with Gasteiger partial charge in [0, 0.05) is 24.3 Å². The summed E-state index contributed by atoms with van der Waals surface area (Å²) in [6, 6.07) is 6.91. The molecule has 6 heteroatoms. The van der Waals surface area contributed by atoms with Gasteiger partial charge < -0.3 is 21.3 Å². The summed E-state index contributed by atoms with van der Waals surface area (Å²) in [5.74, 6) is -0.236. The molecule has 1 saturated heterocycles. The SMILES string of the molecule is NC1(C(=O)Nc2ccc(C(=O)NCCN3CCCC3)cc2)CC1. The maximum Gasteiger partial charge on any atom is 0.251 e. The third-order valence-corrected chi connectivity index (χ3v) is 4.56. The molecule has 0 unspecified atom stereocenters. The van der Waals surface area contributed by atoms with Crippen molar-refractivity contribution >= 4 is 17.5 Å². The fraction of sp³-hybridized carbons (Fsp3) is 0.529. The van der Waals surface area contributed by atoms with Crippen LogP contribution in [0.2, 0.25) is 0 Å². The van der Waals surface area contributed by atoms with Crippen LogP contribution in [0.3, 0.4) is 0 Å². The highest BCUT2D eigenvalue weighted by Gasteiger charge is 2.45. The third-order valence-electron chi connectivity index (χ3n) is 4.56. The average molecular weight is 316 g/mol. The number of carbonyl (C=O) groups is 2. The maximum atomic E-state index is 12.1. The number of anilines is 1. The summed E-state index contributed by atoms with van der Waals surface area (Å²) < 4.78 is 0. The summed E-state index contributed by atoms with van der Waals surface area (Å²) in [6.45, 7) is 3.82. The van der Waals surface area contributed by atoms with E-state index in [9.17, 15) is 9.59 Å². The highest BCUT2D eigenvalue weighted by atomic mass is 16.2. The number of benzene rings is 1. The molecule has 6 nitrogen and oxygen atoms in total. The Kier molecular flexibility index (Phi) is 4.63. The predicted octanol–water partition coefficient (Wildman–Crippen LogP) is 0.942. The molecule has 3 rings (SSSR count). The molecular weight excluding hydrogens is 292 g/mol. The Balaban J connectivity index is 1.46. The average Bonchev–Trinajstić information content (AvgIpc) is 3.10. The van der Waals surface area contributed by atoms with Gasteiger partial charge in [0.25, 0.3) is 5.91 Å². The van der Waals surface area contributed by atoms with Crippen LogP contribution in [0.1, 0.15) is 36.0 Å². The highest BCUT2D eigenvalue weighted by Crippen LogP contribution is 2.33. The van der Waals surface area contributed by atoms with Crippen molar-refractivity contribution in [1.29, 1.82) is 0 Å². The molecule has 1 aliphatic heterocycles. The number of nitrogens with zero attached hydrogens (tertiary/aromatic N) is 1. The van der Waals surface area contributed by atoms with Crippen molar-refractivity contribution in [1.82, 2.24) is 10.2 Å². The summed E-state index contributed by atoms with van der Waals surface area (Å²) in [4.78, 5) is 26.3. The smallest absolute Gasteiger partial charge is 0.251 e. The van der Waals surface area contributed by atoms with Gasteiger partial charge in [-0.25, -0.2) is 0 Å². The number of nitrogens with two attached hydrogens (primary N) is 1. The maximum absolute atomic E-state index is 12.1. The summed E-state index contributed by atoms with van der Waals surface area (Å²) in [7, 11) is 0. The Labute approximate surface area is 136 Å². The molecule has 1 heterocycles. The van der Waals surface area contributed by atoms with Gasteiger partial charge in [0.05, 0.1) is 5.54 Å². The van der Waals surface area contributed by atoms with E-state index in [1.807, 2.05) is 0 Å². The third kappa shape index (κ3) is 4.09. The van der Waals surface area contributed by atoms with Crippen molar-refractivity contribution in [3.05, 3.63) is 29.8 Å². The zero-order valence-electron chi connectivity index (χ0n) is 13.3. The first-order valence-corrected chi connectivity index (χ1v) is 8.28. The molecule has 0 bridgehead atoms. The van der Waals surface area contributed by atoms with Gasteiger partial charge in [0.15, 0.2) is 0 Å². The number of hydrogen-bond donors (Lipinski definition) is 3. The zero-order valence-corrected chi connectivity index (χ0v) is 13.3. The number of carbonyl (C=O) groups excluding carboxylic acids is 2. The van der Waals surface area contributed by atoms with Crippen LogP contribution < -0.4 is 16.4 Å². The lowest BCUT2D eigenvalue weighted by atomic mass is 10.2. The predicted molar refractivity (Wildman–Crippen MR) is 89.2 cm³/mol. The van der Waals surface area contributed by atoms with E-state index >= 15 is 0 Å². The second-order valence-corrected chi connectivity index (χ2v) is 6.49. The fourth-order valence-corrected chi connectivity index (χ4v) is 2.76. The highest BCUT2D eigenvalue weighted by molar-refractivity contribution is 6.00. The number of rotatable bonds is 6. The number of amides is 2. The Bertz CT molecular complexity index is 575. The van der Waals surface area contributed by atoms with Gasteiger partial charge in [-0.05, 0) is 63.0 Å². The molecule has 2 amide bonds. The molecule has 23 heavy (non-hydrogen) atoms. The van der Waals surface area contributed by atoms with Crippen molar-refractivity contribution < 1.29 is 9.59 Å². The van der Waals surface area contributed by atoms with Crippen molar-refractivity contribution in [3.8, 4) is 0 Å². The first-order chi connectivity index (χ1) is 11.1. The van der Waals surface area contributed by atoms with Crippen LogP contribution in [0.5, 0.6) is 0 Å². The Morgan fingerprint density at radius 2 is 1.78 bits per heavy atom. The van der Waals surface area contributed by atoms with E-state index in [0.29, 0.717) is 17.8 Å². The van der Waals surface area contributed by atoms with Gasteiger partial charge in [-0.1, -0.05) is 0 Å². The Morgan fingerprint density at radius 3 is 2.39 bits per heavy atom. The summed E-state index contributed by atoms with van der Waals surface area (Å²) in [5.41, 5.74) is 6.42. The molecule has 0 atom stereocenters. The molecule has 0 radical (unpaired) electrons. The van der Waals surface area contributed by atoms with Gasteiger partial charge in [-0.15, -0.1) is 0 Å². The molecule has 1 aromatic carbocycles. The van der Waals surface area contributed by atoms with Crippen molar-refractivity contribution in [3.63, 3.8) is 0 Å². The summed E-state index contributed by atoms with van der Waals surface area (Å²) in [5, 5.41) is 5.72. The van der Waals surface area contributed by atoms with Crippen LogP contribution in [0.4, 0.5) is 5.69 Å². The Morgan fingerprint density at radius 1 is 1.13 bits per heavy atom. The van der Waals surface area contributed by atoms with Crippen LogP contribution in [-0.2, 0) is 4.79 Å². The van der Waals surface area contributed by atoms with Gasteiger partial charge in [-0.3, -0.25) is 9.59 Å². The lowest BCUT2D eigenvalue weighted by Gasteiger charge is -2.15. The molecule has 2 aliphatic rings. The molecule has 1 aromatic rings. The second-order valence-electron chi connectivity index (χ2n) is 6.49. The van der Waals surface area contributed by atoms with Crippen LogP contribution in [-0.4, -0.2) is 48.4 Å².